The van der Waals surface area contributed by atoms with E-state index in [0.717, 1.165) is 21.9 Å². The number of fused-ring (bicyclic) bond motifs is 1. The number of anilines is 1. The quantitative estimate of drug-likeness (QED) is 0.452. The number of carbonyl (C=O) groups excluding carboxylic acids is 2. The Morgan fingerprint density at radius 3 is 2.69 bits per heavy atom. The van der Waals surface area contributed by atoms with Crippen LogP contribution < -0.4 is 5.32 Å². The van der Waals surface area contributed by atoms with E-state index < -0.39 is 0 Å². The first kappa shape index (κ1) is 20.9. The zero-order chi connectivity index (χ0) is 21.0. The van der Waals surface area contributed by atoms with Crippen LogP contribution in [0.4, 0.5) is 5.69 Å². The second-order valence-electron chi connectivity index (χ2n) is 6.68. The van der Waals surface area contributed by atoms with Gasteiger partial charge in [-0.05, 0) is 63.6 Å². The maximum atomic E-state index is 12.6. The highest BCUT2D eigenvalue weighted by Gasteiger charge is 2.20. The van der Waals surface area contributed by atoms with Crippen molar-refractivity contribution in [1.82, 2.24) is 9.55 Å². The van der Waals surface area contributed by atoms with Crippen molar-refractivity contribution in [2.75, 3.05) is 11.9 Å². The fraction of sp³-hybridized carbons (Fsp3) is 0.318. The molecule has 0 fully saturated rings. The van der Waals surface area contributed by atoms with Gasteiger partial charge >= 0.3 is 5.97 Å². The summed E-state index contributed by atoms with van der Waals surface area (Å²) >= 11 is 1.40. The number of nitrogens with one attached hydrogen (secondary N) is 1. The van der Waals surface area contributed by atoms with Gasteiger partial charge < -0.3 is 14.6 Å². The Balaban J connectivity index is 1.80. The molecule has 0 aliphatic carbocycles. The van der Waals surface area contributed by atoms with E-state index in [1.54, 1.807) is 19.1 Å². The average Bonchev–Trinajstić information content (AvgIpc) is 3.04. The topological polar surface area (TPSA) is 73.2 Å². The van der Waals surface area contributed by atoms with Gasteiger partial charge in [0.25, 0.3) is 0 Å². The van der Waals surface area contributed by atoms with E-state index >= 15 is 0 Å². The Hall–Kier alpha value is -2.80. The molecule has 29 heavy (non-hydrogen) atoms. The van der Waals surface area contributed by atoms with Gasteiger partial charge in [0.15, 0.2) is 5.16 Å². The fourth-order valence-corrected chi connectivity index (χ4v) is 4.01. The highest BCUT2D eigenvalue weighted by molar-refractivity contribution is 8.00. The Morgan fingerprint density at radius 2 is 2.00 bits per heavy atom. The molecule has 3 aromatic rings. The molecule has 0 saturated heterocycles. The number of carbonyl (C=O) groups is 2. The standard InChI is InChI=1S/C22H25N3O3S/c1-5-25-19-11-10-16(21(27)28-6-2)13-18(19)24-22(25)29-15(4)20(26)23-17-9-7-8-14(3)12-17/h7-13,15H,5-6H2,1-4H3,(H,23,26)/t15-/m0/s1. The molecule has 0 bridgehead atoms. The zero-order valence-corrected chi connectivity index (χ0v) is 17.9. The van der Waals surface area contributed by atoms with Crippen LogP contribution in [0.1, 0.15) is 36.7 Å². The molecule has 2 aromatic carbocycles. The van der Waals surface area contributed by atoms with Gasteiger partial charge in [0.05, 0.1) is 28.5 Å². The van der Waals surface area contributed by atoms with Crippen molar-refractivity contribution in [3.63, 3.8) is 0 Å². The Kier molecular flexibility index (Phi) is 6.59. The lowest BCUT2D eigenvalue weighted by molar-refractivity contribution is -0.115. The molecular formula is C22H25N3O3S. The predicted molar refractivity (Wildman–Crippen MR) is 116 cm³/mol. The van der Waals surface area contributed by atoms with Crippen LogP contribution in [0.25, 0.3) is 11.0 Å². The summed E-state index contributed by atoms with van der Waals surface area (Å²) in [5.41, 5.74) is 3.99. The molecule has 1 aromatic heterocycles. The van der Waals surface area contributed by atoms with Crippen molar-refractivity contribution in [1.29, 1.82) is 0 Å². The SMILES string of the molecule is CCOC(=O)c1ccc2c(c1)nc(S[C@@H](C)C(=O)Nc1cccc(C)c1)n2CC. The van der Waals surface area contributed by atoms with E-state index in [9.17, 15) is 9.59 Å². The largest absolute Gasteiger partial charge is 0.462 e. The van der Waals surface area contributed by atoms with Crippen molar-refractivity contribution in [2.45, 2.75) is 44.6 Å². The van der Waals surface area contributed by atoms with Gasteiger partial charge in [-0.3, -0.25) is 4.79 Å². The summed E-state index contributed by atoms with van der Waals surface area (Å²) in [7, 11) is 0. The van der Waals surface area contributed by atoms with Gasteiger partial charge in [-0.25, -0.2) is 9.78 Å². The number of aryl methyl sites for hydroxylation is 2. The molecule has 1 atom stereocenters. The number of rotatable bonds is 7. The van der Waals surface area contributed by atoms with E-state index in [1.807, 2.05) is 55.7 Å². The number of amides is 1. The summed E-state index contributed by atoms with van der Waals surface area (Å²) in [6.45, 7) is 8.70. The third-order valence-electron chi connectivity index (χ3n) is 4.48. The van der Waals surface area contributed by atoms with E-state index in [0.29, 0.717) is 24.2 Å². The lowest BCUT2D eigenvalue weighted by Crippen LogP contribution is -2.22. The number of hydrogen-bond acceptors (Lipinski definition) is 5. The summed E-state index contributed by atoms with van der Waals surface area (Å²) in [6, 6.07) is 13.1. The maximum Gasteiger partial charge on any atom is 0.338 e. The van der Waals surface area contributed by atoms with Crippen LogP contribution in [0.5, 0.6) is 0 Å². The fourth-order valence-electron chi connectivity index (χ4n) is 3.02. The number of aromatic nitrogens is 2. The van der Waals surface area contributed by atoms with Gasteiger partial charge in [0.2, 0.25) is 5.91 Å². The smallest absolute Gasteiger partial charge is 0.338 e. The third-order valence-corrected chi connectivity index (χ3v) is 5.57. The zero-order valence-electron chi connectivity index (χ0n) is 17.1. The van der Waals surface area contributed by atoms with Crippen molar-refractivity contribution in [2.24, 2.45) is 0 Å². The molecule has 1 N–H and O–H groups in total. The first-order valence-electron chi connectivity index (χ1n) is 9.64. The monoisotopic (exact) mass is 411 g/mol. The third kappa shape index (κ3) is 4.79. The number of ether oxygens (including phenoxy) is 1. The van der Waals surface area contributed by atoms with Crippen LogP contribution in [0.15, 0.2) is 47.6 Å². The van der Waals surface area contributed by atoms with Gasteiger partial charge in [-0.1, -0.05) is 23.9 Å². The van der Waals surface area contributed by atoms with Gasteiger partial charge in [0, 0.05) is 12.2 Å². The number of thioether (sulfide) groups is 1. The van der Waals surface area contributed by atoms with Crippen LogP contribution in [-0.2, 0) is 16.1 Å². The van der Waals surface area contributed by atoms with Crippen LogP contribution in [0.3, 0.4) is 0 Å². The predicted octanol–water partition coefficient (Wildman–Crippen LogP) is 4.66. The first-order chi connectivity index (χ1) is 13.9. The number of nitrogens with zero attached hydrogens (tertiary/aromatic N) is 2. The number of imidazole rings is 1. The molecule has 0 spiro atoms. The maximum absolute atomic E-state index is 12.6. The minimum atomic E-state index is -0.361. The molecule has 1 heterocycles. The second kappa shape index (κ2) is 9.13. The summed E-state index contributed by atoms with van der Waals surface area (Å²) in [5.74, 6) is -0.442. The minimum absolute atomic E-state index is 0.0810. The van der Waals surface area contributed by atoms with Crippen molar-refractivity contribution in [3.05, 3.63) is 53.6 Å². The molecule has 0 radical (unpaired) electrons. The lowest BCUT2D eigenvalue weighted by atomic mass is 10.2. The molecule has 7 heteroatoms. The highest BCUT2D eigenvalue weighted by atomic mass is 32.2. The van der Waals surface area contributed by atoms with E-state index in [4.69, 9.17) is 4.74 Å². The van der Waals surface area contributed by atoms with Gasteiger partial charge in [-0.15, -0.1) is 0 Å². The van der Waals surface area contributed by atoms with Crippen molar-refractivity contribution in [3.8, 4) is 0 Å². The van der Waals surface area contributed by atoms with Crippen LogP contribution in [0.2, 0.25) is 0 Å². The van der Waals surface area contributed by atoms with Gasteiger partial charge in [-0.2, -0.15) is 0 Å². The van der Waals surface area contributed by atoms with E-state index in [1.165, 1.54) is 11.8 Å². The lowest BCUT2D eigenvalue weighted by Gasteiger charge is -2.13. The van der Waals surface area contributed by atoms with Crippen molar-refractivity contribution < 1.29 is 14.3 Å². The Labute approximate surface area is 174 Å². The molecule has 0 aliphatic heterocycles. The molecule has 3 rings (SSSR count). The van der Waals surface area contributed by atoms with Crippen LogP contribution in [-0.4, -0.2) is 33.3 Å². The summed E-state index contributed by atoms with van der Waals surface area (Å²) in [4.78, 5) is 29.3. The Morgan fingerprint density at radius 1 is 1.21 bits per heavy atom. The number of hydrogen-bond donors (Lipinski definition) is 1. The molecule has 152 valence electrons. The summed E-state index contributed by atoms with van der Waals surface area (Å²) in [6.07, 6.45) is 0. The van der Waals surface area contributed by atoms with Crippen LogP contribution in [0, 0.1) is 6.92 Å². The molecule has 0 saturated carbocycles. The highest BCUT2D eigenvalue weighted by Crippen LogP contribution is 2.28. The van der Waals surface area contributed by atoms with Crippen molar-refractivity contribution >= 4 is 40.4 Å². The van der Waals surface area contributed by atoms with E-state index in [2.05, 4.69) is 10.3 Å². The molecular weight excluding hydrogens is 386 g/mol. The summed E-state index contributed by atoms with van der Waals surface area (Å²) < 4.78 is 7.12. The normalized spacial score (nSPS) is 12.0. The molecule has 1 amide bonds. The van der Waals surface area contributed by atoms with Gasteiger partial charge in [0.1, 0.15) is 0 Å². The van der Waals surface area contributed by atoms with E-state index in [-0.39, 0.29) is 17.1 Å². The second-order valence-corrected chi connectivity index (χ2v) is 7.99. The number of benzene rings is 2. The Bertz CT molecular complexity index is 1040. The first-order valence-corrected chi connectivity index (χ1v) is 10.5. The number of esters is 1. The minimum Gasteiger partial charge on any atom is -0.462 e. The average molecular weight is 412 g/mol. The summed E-state index contributed by atoms with van der Waals surface area (Å²) in [5, 5.41) is 3.37. The molecule has 0 unspecified atom stereocenters. The van der Waals surface area contributed by atoms with Crippen LogP contribution >= 0.6 is 11.8 Å². The molecule has 0 aliphatic rings. The molecule has 6 nitrogen and oxygen atoms in total.